The maximum Gasteiger partial charge on any atom is -0.0143 e. The molecule has 23 heavy (non-hydrogen) atoms. The summed E-state index contributed by atoms with van der Waals surface area (Å²) in [5.41, 5.74) is 3.16. The van der Waals surface area contributed by atoms with Gasteiger partial charge in [-0.3, -0.25) is 0 Å². The van der Waals surface area contributed by atoms with Crippen molar-refractivity contribution in [1.82, 2.24) is 0 Å². The Kier molecular flexibility index (Phi) is 5.00. The molecule has 0 aliphatic carbocycles. The van der Waals surface area contributed by atoms with Crippen LogP contribution in [0.1, 0.15) is 51.2 Å². The van der Waals surface area contributed by atoms with Crippen molar-refractivity contribution in [1.29, 1.82) is 0 Å². The zero-order valence-corrected chi connectivity index (χ0v) is 14.7. The Labute approximate surface area is 140 Å². The van der Waals surface area contributed by atoms with Crippen molar-refractivity contribution in [3.63, 3.8) is 0 Å². The fourth-order valence-corrected chi connectivity index (χ4v) is 3.45. The van der Waals surface area contributed by atoms with Crippen LogP contribution in [0.25, 0.3) is 21.5 Å². The first-order valence-electron chi connectivity index (χ1n) is 9.12. The van der Waals surface area contributed by atoms with Crippen molar-refractivity contribution < 1.29 is 0 Å². The lowest BCUT2D eigenvalue weighted by Gasteiger charge is -2.15. The molecule has 3 aromatic rings. The summed E-state index contributed by atoms with van der Waals surface area (Å²) >= 11 is 0. The molecule has 0 amide bonds. The summed E-state index contributed by atoms with van der Waals surface area (Å²) in [6, 6.07) is 18.2. The van der Waals surface area contributed by atoms with E-state index in [-0.39, 0.29) is 0 Å². The van der Waals surface area contributed by atoms with Crippen molar-refractivity contribution in [3.05, 3.63) is 59.7 Å². The maximum absolute atomic E-state index is 2.41. The van der Waals surface area contributed by atoms with Gasteiger partial charge < -0.3 is 0 Å². The lowest BCUT2D eigenvalue weighted by molar-refractivity contribution is 0.585. The topological polar surface area (TPSA) is 0 Å². The van der Waals surface area contributed by atoms with Gasteiger partial charge in [-0.25, -0.2) is 0 Å². The zero-order chi connectivity index (χ0) is 16.2. The standard InChI is InChI=1S/C23H28/c1-4-5-8-18-12-13-21-15-19-9-6-7-10-20(19)16-23(21)22(18)14-11-17(2)3/h6-7,9-10,12-13,15-17H,4-5,8,11,14H2,1-3H3. The van der Waals surface area contributed by atoms with Crippen LogP contribution in [0.4, 0.5) is 0 Å². The first-order chi connectivity index (χ1) is 11.2. The lowest BCUT2D eigenvalue weighted by Crippen LogP contribution is -1.99. The number of unbranched alkanes of at least 4 members (excludes halogenated alkanes) is 1. The number of fused-ring (bicyclic) bond motifs is 2. The van der Waals surface area contributed by atoms with Crippen molar-refractivity contribution in [2.75, 3.05) is 0 Å². The minimum Gasteiger partial charge on any atom is -0.0654 e. The molecule has 0 nitrogen and oxygen atoms in total. The Morgan fingerprint density at radius 3 is 2.26 bits per heavy atom. The van der Waals surface area contributed by atoms with Crippen LogP contribution >= 0.6 is 0 Å². The van der Waals surface area contributed by atoms with Crippen LogP contribution in [0.3, 0.4) is 0 Å². The highest BCUT2D eigenvalue weighted by Gasteiger charge is 2.10. The van der Waals surface area contributed by atoms with E-state index in [0.29, 0.717) is 0 Å². The monoisotopic (exact) mass is 304 g/mol. The molecule has 0 aliphatic heterocycles. The molecular weight excluding hydrogens is 276 g/mol. The predicted octanol–water partition coefficient (Wildman–Crippen LogP) is 6.92. The van der Waals surface area contributed by atoms with Crippen LogP contribution < -0.4 is 0 Å². The average molecular weight is 304 g/mol. The van der Waals surface area contributed by atoms with Gasteiger partial charge in [-0.05, 0) is 76.4 Å². The number of rotatable bonds is 6. The van der Waals surface area contributed by atoms with Gasteiger partial charge in [0.1, 0.15) is 0 Å². The Hall–Kier alpha value is -1.82. The fraction of sp³-hybridized carbons (Fsp3) is 0.391. The smallest absolute Gasteiger partial charge is 0.0143 e. The van der Waals surface area contributed by atoms with Crippen molar-refractivity contribution >= 4 is 21.5 Å². The van der Waals surface area contributed by atoms with Crippen LogP contribution in [0, 0.1) is 5.92 Å². The van der Waals surface area contributed by atoms with Crippen molar-refractivity contribution in [3.8, 4) is 0 Å². The van der Waals surface area contributed by atoms with E-state index in [1.807, 2.05) is 0 Å². The minimum absolute atomic E-state index is 0.754. The van der Waals surface area contributed by atoms with Crippen LogP contribution in [0.15, 0.2) is 48.5 Å². The third kappa shape index (κ3) is 3.58. The average Bonchev–Trinajstić information content (AvgIpc) is 2.56. The molecule has 0 saturated carbocycles. The van der Waals surface area contributed by atoms with E-state index < -0.39 is 0 Å². The maximum atomic E-state index is 2.41. The molecule has 0 aromatic heterocycles. The first-order valence-corrected chi connectivity index (χ1v) is 9.12. The molecular formula is C23H28. The number of hydrogen-bond donors (Lipinski definition) is 0. The molecule has 0 fully saturated rings. The second-order valence-corrected chi connectivity index (χ2v) is 7.16. The first kappa shape index (κ1) is 16.1. The molecule has 0 aliphatic rings. The Balaban J connectivity index is 2.14. The van der Waals surface area contributed by atoms with Gasteiger partial charge in [0.2, 0.25) is 0 Å². The third-order valence-corrected chi connectivity index (χ3v) is 4.87. The van der Waals surface area contributed by atoms with E-state index >= 15 is 0 Å². The quantitative estimate of drug-likeness (QED) is 0.433. The van der Waals surface area contributed by atoms with Crippen LogP contribution in [-0.4, -0.2) is 0 Å². The Bertz CT molecular complexity index is 796. The molecule has 3 rings (SSSR count). The summed E-state index contributed by atoms with van der Waals surface area (Å²) in [6.45, 7) is 6.93. The molecule has 0 unspecified atom stereocenters. The van der Waals surface area contributed by atoms with Gasteiger partial charge in [-0.15, -0.1) is 0 Å². The van der Waals surface area contributed by atoms with Gasteiger partial charge in [0.25, 0.3) is 0 Å². The molecule has 120 valence electrons. The second kappa shape index (κ2) is 7.17. The molecule has 0 bridgehead atoms. The lowest BCUT2D eigenvalue weighted by atomic mass is 9.90. The van der Waals surface area contributed by atoms with E-state index in [1.54, 1.807) is 11.1 Å². The highest BCUT2D eigenvalue weighted by molar-refractivity contribution is 6.00. The summed E-state index contributed by atoms with van der Waals surface area (Å²) < 4.78 is 0. The molecule has 0 heteroatoms. The van der Waals surface area contributed by atoms with E-state index in [4.69, 9.17) is 0 Å². The SMILES string of the molecule is CCCCc1ccc2cc3ccccc3cc2c1CCC(C)C. The summed E-state index contributed by atoms with van der Waals surface area (Å²) in [5.74, 6) is 0.754. The van der Waals surface area contributed by atoms with Gasteiger partial charge in [0.15, 0.2) is 0 Å². The van der Waals surface area contributed by atoms with Gasteiger partial charge in [-0.2, -0.15) is 0 Å². The highest BCUT2D eigenvalue weighted by atomic mass is 14.1. The molecule has 0 heterocycles. The van der Waals surface area contributed by atoms with Gasteiger partial charge in [-0.1, -0.05) is 63.6 Å². The molecule has 0 atom stereocenters. The van der Waals surface area contributed by atoms with Crippen molar-refractivity contribution in [2.45, 2.75) is 52.9 Å². The summed E-state index contributed by atoms with van der Waals surface area (Å²) in [5, 5.41) is 5.57. The van der Waals surface area contributed by atoms with Crippen LogP contribution in [0.5, 0.6) is 0 Å². The molecule has 0 spiro atoms. The van der Waals surface area contributed by atoms with Crippen LogP contribution in [0.2, 0.25) is 0 Å². The minimum atomic E-state index is 0.754. The summed E-state index contributed by atoms with van der Waals surface area (Å²) in [6.07, 6.45) is 6.23. The Morgan fingerprint density at radius 2 is 1.57 bits per heavy atom. The van der Waals surface area contributed by atoms with Gasteiger partial charge in [0.05, 0.1) is 0 Å². The molecule has 0 saturated heterocycles. The zero-order valence-electron chi connectivity index (χ0n) is 14.7. The molecule has 3 aromatic carbocycles. The second-order valence-electron chi connectivity index (χ2n) is 7.16. The third-order valence-electron chi connectivity index (χ3n) is 4.87. The number of benzene rings is 3. The Morgan fingerprint density at radius 1 is 0.826 bits per heavy atom. The van der Waals surface area contributed by atoms with Gasteiger partial charge >= 0.3 is 0 Å². The van der Waals surface area contributed by atoms with Crippen LogP contribution in [-0.2, 0) is 12.8 Å². The largest absolute Gasteiger partial charge is 0.0654 e. The van der Waals surface area contributed by atoms with E-state index in [0.717, 1.165) is 5.92 Å². The van der Waals surface area contributed by atoms with E-state index in [9.17, 15) is 0 Å². The fourth-order valence-electron chi connectivity index (χ4n) is 3.45. The molecule has 0 radical (unpaired) electrons. The van der Waals surface area contributed by atoms with Gasteiger partial charge in [0, 0.05) is 0 Å². The predicted molar refractivity (Wildman–Crippen MR) is 103 cm³/mol. The highest BCUT2D eigenvalue weighted by Crippen LogP contribution is 2.30. The van der Waals surface area contributed by atoms with E-state index in [2.05, 4.69) is 69.3 Å². The number of aryl methyl sites for hydroxylation is 2. The van der Waals surface area contributed by atoms with E-state index in [1.165, 1.54) is 53.6 Å². The summed E-state index contributed by atoms with van der Waals surface area (Å²) in [4.78, 5) is 0. The number of hydrogen-bond acceptors (Lipinski definition) is 0. The summed E-state index contributed by atoms with van der Waals surface area (Å²) in [7, 11) is 0. The van der Waals surface area contributed by atoms with Crippen molar-refractivity contribution in [2.24, 2.45) is 5.92 Å². The molecule has 0 N–H and O–H groups in total. The normalized spacial score (nSPS) is 11.7.